The van der Waals surface area contributed by atoms with Crippen molar-refractivity contribution in [3.05, 3.63) is 52.5 Å². The third kappa shape index (κ3) is 5.37. The predicted molar refractivity (Wildman–Crippen MR) is 100 cm³/mol. The van der Waals surface area contributed by atoms with E-state index >= 15 is 0 Å². The Labute approximate surface area is 152 Å². The van der Waals surface area contributed by atoms with Crippen LogP contribution >= 0.6 is 11.6 Å². The average Bonchev–Trinajstić information content (AvgIpc) is 2.53. The van der Waals surface area contributed by atoms with Gasteiger partial charge in [-0.1, -0.05) is 29.8 Å². The molecule has 6 heteroatoms. The van der Waals surface area contributed by atoms with Crippen LogP contribution in [0.3, 0.4) is 0 Å². The lowest BCUT2D eigenvalue weighted by atomic mass is 9.99. The van der Waals surface area contributed by atoms with Gasteiger partial charge >= 0.3 is 6.09 Å². The summed E-state index contributed by atoms with van der Waals surface area (Å²) in [7, 11) is 0. The highest BCUT2D eigenvalue weighted by Crippen LogP contribution is 2.32. The van der Waals surface area contributed by atoms with Crippen LogP contribution in [-0.2, 0) is 17.9 Å². The molecule has 4 N–H and O–H groups in total. The summed E-state index contributed by atoms with van der Waals surface area (Å²) < 4.78 is 5.22. The molecule has 0 saturated heterocycles. The molecular weight excluding hydrogens is 340 g/mol. The third-order valence-corrected chi connectivity index (χ3v) is 3.69. The molecule has 2 aromatic carbocycles. The Hall–Kier alpha value is -2.24. The van der Waals surface area contributed by atoms with Crippen LogP contribution in [0.25, 0.3) is 11.1 Å². The molecule has 0 atom stereocenters. The fourth-order valence-corrected chi connectivity index (χ4v) is 2.62. The Morgan fingerprint density at radius 3 is 2.64 bits per heavy atom. The molecule has 0 fully saturated rings. The molecule has 0 aliphatic rings. The van der Waals surface area contributed by atoms with Crippen molar-refractivity contribution < 1.29 is 14.6 Å². The van der Waals surface area contributed by atoms with Crippen molar-refractivity contribution in [1.29, 1.82) is 0 Å². The van der Waals surface area contributed by atoms with E-state index in [4.69, 9.17) is 22.1 Å². The first kappa shape index (κ1) is 19.1. The fraction of sp³-hybridized carbons (Fsp3) is 0.316. The Morgan fingerprint density at radius 2 is 2.00 bits per heavy atom. The van der Waals surface area contributed by atoms with Crippen molar-refractivity contribution >= 4 is 23.4 Å². The number of alkyl carbamates (subject to hydrolysis) is 1. The highest BCUT2D eigenvalue weighted by molar-refractivity contribution is 6.31. The molecule has 0 aromatic heterocycles. The van der Waals surface area contributed by atoms with Crippen LogP contribution in [0.4, 0.5) is 10.5 Å². The number of nitrogen functional groups attached to an aromatic ring is 1. The predicted octanol–water partition coefficient (Wildman–Crippen LogP) is 4.11. The van der Waals surface area contributed by atoms with Gasteiger partial charge in [-0.3, -0.25) is 0 Å². The monoisotopic (exact) mass is 362 g/mol. The molecule has 0 aliphatic carbocycles. The summed E-state index contributed by atoms with van der Waals surface area (Å²) in [5, 5.41) is 12.6. The van der Waals surface area contributed by atoms with Crippen LogP contribution in [0.5, 0.6) is 0 Å². The number of nitrogens with one attached hydrogen (secondary N) is 1. The van der Waals surface area contributed by atoms with Gasteiger partial charge in [0.05, 0.1) is 6.61 Å². The van der Waals surface area contributed by atoms with Gasteiger partial charge in [-0.2, -0.15) is 0 Å². The first-order valence-electron chi connectivity index (χ1n) is 7.94. The van der Waals surface area contributed by atoms with E-state index in [1.807, 2.05) is 45.0 Å². The number of rotatable bonds is 4. The number of hydrogen-bond donors (Lipinski definition) is 3. The molecule has 1 amide bonds. The van der Waals surface area contributed by atoms with Gasteiger partial charge in [-0.05, 0) is 50.1 Å². The number of nitrogens with two attached hydrogens (primary N) is 1. The van der Waals surface area contributed by atoms with Crippen LogP contribution in [0, 0.1) is 0 Å². The second-order valence-electron chi connectivity index (χ2n) is 6.74. The standard InChI is InChI=1S/C19H23ClN2O3/c1-19(2,3)25-18(24)22-10-12-5-4-6-13(7-12)16-9-15(20)8-14(11-23)17(16)21/h4-9,23H,10-11,21H2,1-3H3,(H,22,24). The number of carbonyl (C=O) groups is 1. The summed E-state index contributed by atoms with van der Waals surface area (Å²) in [5.74, 6) is 0. The number of anilines is 1. The number of halogens is 1. The van der Waals surface area contributed by atoms with Crippen molar-refractivity contribution in [2.24, 2.45) is 0 Å². The maximum atomic E-state index is 11.8. The molecule has 0 radical (unpaired) electrons. The highest BCUT2D eigenvalue weighted by Gasteiger charge is 2.16. The average molecular weight is 363 g/mol. The topological polar surface area (TPSA) is 84.6 Å². The van der Waals surface area contributed by atoms with Crippen molar-refractivity contribution in [2.75, 3.05) is 5.73 Å². The molecule has 0 saturated carbocycles. The third-order valence-electron chi connectivity index (χ3n) is 3.47. The normalized spacial score (nSPS) is 11.2. The second kappa shape index (κ2) is 7.76. The van der Waals surface area contributed by atoms with E-state index in [-0.39, 0.29) is 6.61 Å². The van der Waals surface area contributed by atoms with E-state index in [1.165, 1.54) is 0 Å². The number of carbonyl (C=O) groups excluding carboxylic acids is 1. The van der Waals surface area contributed by atoms with E-state index in [9.17, 15) is 9.90 Å². The Kier molecular flexibility index (Phi) is 5.93. The summed E-state index contributed by atoms with van der Waals surface area (Å²) in [6.07, 6.45) is -0.470. The fourth-order valence-electron chi connectivity index (χ4n) is 2.38. The zero-order chi connectivity index (χ0) is 18.6. The summed E-state index contributed by atoms with van der Waals surface area (Å²) in [5.41, 5.74) is 9.16. The molecule has 5 nitrogen and oxygen atoms in total. The highest BCUT2D eigenvalue weighted by atomic mass is 35.5. The molecular formula is C19H23ClN2O3. The Bertz CT molecular complexity index is 770. The molecule has 134 valence electrons. The van der Waals surface area contributed by atoms with Crippen LogP contribution in [0.1, 0.15) is 31.9 Å². The smallest absolute Gasteiger partial charge is 0.407 e. The Balaban J connectivity index is 2.20. The van der Waals surface area contributed by atoms with E-state index in [0.717, 1.165) is 16.7 Å². The molecule has 0 heterocycles. The van der Waals surface area contributed by atoms with Gasteiger partial charge in [0.1, 0.15) is 5.60 Å². The molecule has 0 aliphatic heterocycles. The lowest BCUT2D eigenvalue weighted by molar-refractivity contribution is 0.0523. The maximum Gasteiger partial charge on any atom is 0.407 e. The number of aliphatic hydroxyl groups is 1. The minimum atomic E-state index is -0.540. The van der Waals surface area contributed by atoms with Crippen molar-refractivity contribution in [2.45, 2.75) is 39.5 Å². The number of hydrogen-bond acceptors (Lipinski definition) is 4. The van der Waals surface area contributed by atoms with E-state index in [2.05, 4.69) is 5.32 Å². The van der Waals surface area contributed by atoms with Crippen LogP contribution < -0.4 is 11.1 Å². The SMILES string of the molecule is CC(C)(C)OC(=O)NCc1cccc(-c2cc(Cl)cc(CO)c2N)c1. The number of ether oxygens (including phenoxy) is 1. The number of benzene rings is 2. The van der Waals surface area contributed by atoms with Gasteiger partial charge in [0.25, 0.3) is 0 Å². The number of aliphatic hydroxyl groups excluding tert-OH is 1. The lowest BCUT2D eigenvalue weighted by Crippen LogP contribution is -2.32. The first-order chi connectivity index (χ1) is 11.7. The van der Waals surface area contributed by atoms with E-state index in [0.29, 0.717) is 22.8 Å². The van der Waals surface area contributed by atoms with E-state index < -0.39 is 11.7 Å². The Morgan fingerprint density at radius 1 is 1.28 bits per heavy atom. The summed E-state index contributed by atoms with van der Waals surface area (Å²) in [4.78, 5) is 11.8. The zero-order valence-corrected chi connectivity index (χ0v) is 15.4. The number of amides is 1. The summed E-state index contributed by atoms with van der Waals surface area (Å²) >= 11 is 6.11. The van der Waals surface area contributed by atoms with Crippen LogP contribution in [0.15, 0.2) is 36.4 Å². The van der Waals surface area contributed by atoms with Crippen molar-refractivity contribution in [1.82, 2.24) is 5.32 Å². The largest absolute Gasteiger partial charge is 0.444 e. The minimum Gasteiger partial charge on any atom is -0.444 e. The van der Waals surface area contributed by atoms with Gasteiger partial charge < -0.3 is 20.9 Å². The van der Waals surface area contributed by atoms with Crippen molar-refractivity contribution in [3.8, 4) is 11.1 Å². The maximum absolute atomic E-state index is 11.8. The first-order valence-corrected chi connectivity index (χ1v) is 8.32. The molecule has 0 unspecified atom stereocenters. The van der Waals surface area contributed by atoms with Crippen LogP contribution in [-0.4, -0.2) is 16.8 Å². The molecule has 2 rings (SSSR count). The quantitative estimate of drug-likeness (QED) is 0.714. The lowest BCUT2D eigenvalue weighted by Gasteiger charge is -2.19. The zero-order valence-electron chi connectivity index (χ0n) is 14.6. The summed E-state index contributed by atoms with van der Waals surface area (Å²) in [6, 6.07) is 11.0. The summed E-state index contributed by atoms with van der Waals surface area (Å²) in [6.45, 7) is 5.59. The molecule has 25 heavy (non-hydrogen) atoms. The molecule has 0 spiro atoms. The van der Waals surface area contributed by atoms with Gasteiger partial charge in [0.2, 0.25) is 0 Å². The van der Waals surface area contributed by atoms with E-state index in [1.54, 1.807) is 12.1 Å². The van der Waals surface area contributed by atoms with Gasteiger partial charge in [0, 0.05) is 28.4 Å². The van der Waals surface area contributed by atoms with Crippen LogP contribution in [0.2, 0.25) is 5.02 Å². The van der Waals surface area contributed by atoms with Gasteiger partial charge in [-0.15, -0.1) is 0 Å². The van der Waals surface area contributed by atoms with Gasteiger partial charge in [-0.25, -0.2) is 4.79 Å². The molecule has 0 bridgehead atoms. The van der Waals surface area contributed by atoms with Crippen molar-refractivity contribution in [3.63, 3.8) is 0 Å². The molecule has 2 aromatic rings. The second-order valence-corrected chi connectivity index (χ2v) is 7.18. The minimum absolute atomic E-state index is 0.181. The van der Waals surface area contributed by atoms with Gasteiger partial charge in [0.15, 0.2) is 0 Å².